The van der Waals surface area contributed by atoms with Gasteiger partial charge in [0.1, 0.15) is 13.2 Å². The summed E-state index contributed by atoms with van der Waals surface area (Å²) in [5.74, 6) is -5.00. The SMILES string of the molecule is C[C@]12C=CC(=O)C=C1CC[C@@H]1C2[C@@H](O)C[C@@]2(O)C1CC[C@@H]2C(=O)COC(=O)C1CC1C(=O)OCc1ccc([C@@H](CN)C(=O)Nc2ccc3cnccc3c2)cc1. The molecule has 5 aliphatic rings. The van der Waals surface area contributed by atoms with Gasteiger partial charge in [-0.15, -0.1) is 0 Å². The first-order valence-corrected chi connectivity index (χ1v) is 19.5. The number of esters is 2. The standard InChI is InChI=1S/C44H47N3O9/c1-43-14-12-30(48)17-28(43)7-9-31-35-10-11-36(44(35,54)19-37(49)39(31)43)38(50)23-56-42(53)33-18-32(33)41(52)55-22-24-2-4-25(5-3-24)34(20-45)40(51)47-29-8-6-27-21-46-15-13-26(27)16-29/h2-6,8,12-17,21,31-37,39,49,54H,7,9-11,18-20,22-23,45H2,1H3,(H,47,51)/t31-,32?,33?,34+,35?,36+,37-,39?,43-,44+/m0/s1. The summed E-state index contributed by atoms with van der Waals surface area (Å²) in [6.45, 7) is 1.61. The van der Waals surface area contributed by atoms with Crippen molar-refractivity contribution in [1.29, 1.82) is 0 Å². The Morgan fingerprint density at radius 3 is 2.54 bits per heavy atom. The second-order valence-corrected chi connectivity index (χ2v) is 16.5. The van der Waals surface area contributed by atoms with Crippen LogP contribution in [0.4, 0.5) is 5.69 Å². The summed E-state index contributed by atoms with van der Waals surface area (Å²) >= 11 is 0. The fourth-order valence-electron chi connectivity index (χ4n) is 10.3. The number of hydrogen-bond donors (Lipinski definition) is 4. The largest absolute Gasteiger partial charge is 0.461 e. The molecule has 0 aliphatic heterocycles. The molecule has 2 aromatic carbocycles. The van der Waals surface area contributed by atoms with Crippen LogP contribution >= 0.6 is 0 Å². The summed E-state index contributed by atoms with van der Waals surface area (Å²) in [6, 6.07) is 14.5. The van der Waals surface area contributed by atoms with E-state index in [9.17, 15) is 34.2 Å². The highest BCUT2D eigenvalue weighted by atomic mass is 16.5. The monoisotopic (exact) mass is 761 g/mol. The predicted molar refractivity (Wildman–Crippen MR) is 204 cm³/mol. The van der Waals surface area contributed by atoms with Crippen molar-refractivity contribution in [2.24, 2.45) is 46.7 Å². The van der Waals surface area contributed by atoms with Gasteiger partial charge in [-0.1, -0.05) is 48.9 Å². The Morgan fingerprint density at radius 2 is 1.77 bits per heavy atom. The van der Waals surface area contributed by atoms with Crippen molar-refractivity contribution in [3.8, 4) is 0 Å². The average Bonchev–Trinajstić information content (AvgIpc) is 3.92. The van der Waals surface area contributed by atoms with Crippen molar-refractivity contribution in [1.82, 2.24) is 4.98 Å². The number of nitrogens with zero attached hydrogens (tertiary/aromatic N) is 1. The van der Waals surface area contributed by atoms with Gasteiger partial charge in [0.2, 0.25) is 5.91 Å². The zero-order chi connectivity index (χ0) is 39.4. The first-order chi connectivity index (χ1) is 26.9. The van der Waals surface area contributed by atoms with Crippen LogP contribution in [0.5, 0.6) is 0 Å². The number of anilines is 1. The molecule has 4 saturated carbocycles. The van der Waals surface area contributed by atoms with Crippen molar-refractivity contribution < 1.29 is 43.7 Å². The molecular formula is C44H47N3O9. The van der Waals surface area contributed by atoms with E-state index in [2.05, 4.69) is 17.2 Å². The third-order valence-electron chi connectivity index (χ3n) is 13.3. The Kier molecular flexibility index (Phi) is 10.0. The van der Waals surface area contributed by atoms with Gasteiger partial charge in [-0.25, -0.2) is 0 Å². The topological polar surface area (TPSA) is 195 Å². The molecule has 0 saturated heterocycles. The Balaban J connectivity index is 0.800. The van der Waals surface area contributed by atoms with Crippen LogP contribution in [0.2, 0.25) is 0 Å². The molecule has 5 N–H and O–H groups in total. The quantitative estimate of drug-likeness (QED) is 0.203. The van der Waals surface area contributed by atoms with E-state index in [0.29, 0.717) is 36.1 Å². The molecule has 0 radical (unpaired) electrons. The molecule has 8 rings (SSSR count). The maximum atomic E-state index is 13.5. The van der Waals surface area contributed by atoms with Crippen LogP contribution in [-0.4, -0.2) is 69.5 Å². The smallest absolute Gasteiger partial charge is 0.310 e. The number of benzene rings is 2. The van der Waals surface area contributed by atoms with Crippen LogP contribution < -0.4 is 11.1 Å². The Morgan fingerprint density at radius 1 is 1.00 bits per heavy atom. The van der Waals surface area contributed by atoms with Crippen molar-refractivity contribution in [3.63, 3.8) is 0 Å². The highest BCUT2D eigenvalue weighted by Crippen LogP contribution is 2.63. The summed E-state index contributed by atoms with van der Waals surface area (Å²) < 4.78 is 10.9. The minimum absolute atomic E-state index is 0.0188. The van der Waals surface area contributed by atoms with E-state index in [0.717, 1.165) is 22.8 Å². The molecule has 4 fully saturated rings. The van der Waals surface area contributed by atoms with E-state index in [4.69, 9.17) is 15.2 Å². The van der Waals surface area contributed by atoms with Crippen LogP contribution in [0.1, 0.15) is 62.5 Å². The van der Waals surface area contributed by atoms with Gasteiger partial charge in [-0.05, 0) is 90.8 Å². The van der Waals surface area contributed by atoms with Crippen LogP contribution in [0, 0.1) is 40.9 Å². The first-order valence-electron chi connectivity index (χ1n) is 19.5. The van der Waals surface area contributed by atoms with Gasteiger partial charge in [0, 0.05) is 47.8 Å². The third kappa shape index (κ3) is 6.88. The lowest BCUT2D eigenvalue weighted by atomic mass is 9.49. The van der Waals surface area contributed by atoms with Crippen LogP contribution in [-0.2, 0) is 40.1 Å². The van der Waals surface area contributed by atoms with E-state index in [1.807, 2.05) is 30.3 Å². The van der Waals surface area contributed by atoms with Gasteiger partial charge in [0.05, 0.1) is 35.4 Å². The number of aromatic nitrogens is 1. The normalized spacial score (nSPS) is 32.0. The van der Waals surface area contributed by atoms with Gasteiger partial charge in [0.15, 0.2) is 11.6 Å². The zero-order valence-corrected chi connectivity index (χ0v) is 31.3. The molecule has 1 amide bonds. The van der Waals surface area contributed by atoms with Gasteiger partial charge < -0.3 is 30.7 Å². The molecule has 0 spiro atoms. The molecule has 0 bridgehead atoms. The Hall–Kier alpha value is -5.04. The summed E-state index contributed by atoms with van der Waals surface area (Å²) in [5.41, 5.74) is 7.18. The maximum Gasteiger partial charge on any atom is 0.310 e. The lowest BCUT2D eigenvalue weighted by Crippen LogP contribution is -2.60. The molecule has 12 heteroatoms. The zero-order valence-electron chi connectivity index (χ0n) is 31.3. The summed E-state index contributed by atoms with van der Waals surface area (Å²) in [6.07, 6.45) is 10.5. The lowest BCUT2D eigenvalue weighted by Gasteiger charge is -2.57. The van der Waals surface area contributed by atoms with E-state index in [1.165, 1.54) is 0 Å². The highest BCUT2D eigenvalue weighted by molar-refractivity contribution is 6.01. The van der Waals surface area contributed by atoms with Crippen molar-refractivity contribution >= 4 is 45.9 Å². The predicted octanol–water partition coefficient (Wildman–Crippen LogP) is 4.33. The van der Waals surface area contributed by atoms with Crippen molar-refractivity contribution in [2.75, 3.05) is 18.5 Å². The van der Waals surface area contributed by atoms with Crippen molar-refractivity contribution in [3.05, 3.63) is 95.9 Å². The van der Waals surface area contributed by atoms with E-state index < -0.39 is 59.3 Å². The number of Topliss-reactive ketones (excluding diaryl/α,β-unsaturated/α-hetero) is 1. The number of nitrogens with two attached hydrogens (primary N) is 1. The fraction of sp³-hybridized carbons (Fsp3) is 0.455. The number of allylic oxidation sites excluding steroid dienone is 4. The van der Waals surface area contributed by atoms with E-state index in [-0.39, 0.29) is 61.2 Å². The number of carbonyl (C=O) groups is 5. The van der Waals surface area contributed by atoms with Gasteiger partial charge in [0.25, 0.3) is 0 Å². The van der Waals surface area contributed by atoms with Gasteiger partial charge in [-0.3, -0.25) is 29.0 Å². The van der Waals surface area contributed by atoms with E-state index >= 15 is 0 Å². The first kappa shape index (κ1) is 37.9. The Labute approximate surface area is 324 Å². The molecule has 56 heavy (non-hydrogen) atoms. The number of hydrogen-bond acceptors (Lipinski definition) is 11. The molecule has 12 nitrogen and oxygen atoms in total. The number of pyridine rings is 1. The molecule has 1 heterocycles. The van der Waals surface area contributed by atoms with Crippen LogP contribution in [0.25, 0.3) is 10.8 Å². The Bertz CT molecular complexity index is 2150. The van der Waals surface area contributed by atoms with Crippen molar-refractivity contribution in [2.45, 2.75) is 69.7 Å². The second-order valence-electron chi connectivity index (χ2n) is 16.5. The van der Waals surface area contributed by atoms with Crippen LogP contribution in [0.15, 0.2) is 84.7 Å². The number of rotatable bonds is 11. The number of ketones is 2. The molecule has 5 aliphatic carbocycles. The number of amides is 1. The molecule has 3 aromatic rings. The minimum atomic E-state index is -1.41. The van der Waals surface area contributed by atoms with Gasteiger partial charge in [-0.2, -0.15) is 0 Å². The molecular weight excluding hydrogens is 714 g/mol. The number of aliphatic hydroxyl groups excluding tert-OH is 1. The summed E-state index contributed by atoms with van der Waals surface area (Å²) in [7, 11) is 0. The molecule has 4 unspecified atom stereocenters. The number of nitrogens with one attached hydrogen (secondary N) is 1. The number of aliphatic hydroxyl groups is 2. The fourth-order valence-corrected chi connectivity index (χ4v) is 10.3. The average molecular weight is 762 g/mol. The molecule has 1 aromatic heterocycles. The second kappa shape index (κ2) is 14.8. The third-order valence-corrected chi connectivity index (χ3v) is 13.3. The number of carbonyl (C=O) groups excluding carboxylic acids is 5. The number of ether oxygens (including phenoxy) is 2. The number of fused-ring (bicyclic) bond motifs is 6. The van der Waals surface area contributed by atoms with Crippen LogP contribution in [0.3, 0.4) is 0 Å². The van der Waals surface area contributed by atoms with E-state index in [1.54, 1.807) is 48.8 Å². The molecule has 10 atom stereocenters. The highest BCUT2D eigenvalue weighted by Gasteiger charge is 2.64. The van der Waals surface area contributed by atoms with Gasteiger partial charge >= 0.3 is 11.9 Å². The maximum absolute atomic E-state index is 13.5. The minimum Gasteiger partial charge on any atom is -0.461 e. The lowest BCUT2D eigenvalue weighted by molar-refractivity contribution is -0.176. The molecule has 292 valence electrons. The summed E-state index contributed by atoms with van der Waals surface area (Å²) in [5, 5.41) is 28.3. The summed E-state index contributed by atoms with van der Waals surface area (Å²) in [4.78, 5) is 68.5.